The van der Waals surface area contributed by atoms with Gasteiger partial charge in [-0.25, -0.2) is 0 Å². The van der Waals surface area contributed by atoms with E-state index in [0.29, 0.717) is 35.6 Å². The first-order chi connectivity index (χ1) is 10.6. The second-order valence-corrected chi connectivity index (χ2v) is 6.20. The van der Waals surface area contributed by atoms with Crippen molar-refractivity contribution in [3.63, 3.8) is 0 Å². The van der Waals surface area contributed by atoms with E-state index >= 15 is 0 Å². The van der Waals surface area contributed by atoms with Gasteiger partial charge in [0.15, 0.2) is 0 Å². The van der Waals surface area contributed by atoms with E-state index in [-0.39, 0.29) is 5.91 Å². The number of nitrogens with zero attached hydrogens (tertiary/aromatic N) is 2. The van der Waals surface area contributed by atoms with Crippen molar-refractivity contribution in [2.45, 2.75) is 13.0 Å². The Balaban J connectivity index is 1.82. The van der Waals surface area contributed by atoms with Gasteiger partial charge >= 0.3 is 0 Å². The number of hydrogen-bond acceptors (Lipinski definition) is 5. The highest BCUT2D eigenvalue weighted by molar-refractivity contribution is 7.16. The van der Waals surface area contributed by atoms with Crippen LogP contribution >= 0.6 is 11.3 Å². The Labute approximate surface area is 132 Å². The Hall–Kier alpha value is -2.52. The third-order valence-electron chi connectivity index (χ3n) is 3.82. The quantitative estimate of drug-likeness (QED) is 0.923. The number of fused-ring (bicyclic) bond motifs is 1. The number of carbonyl (C=O) groups excluding carboxylic acids is 1. The number of methoxy groups -OCH3 is 1. The Morgan fingerprint density at radius 3 is 2.77 bits per heavy atom. The molecule has 1 aromatic carbocycles. The lowest BCUT2D eigenvalue weighted by Gasteiger charge is -2.27. The monoisotopic (exact) mass is 313 g/mol. The van der Waals surface area contributed by atoms with Gasteiger partial charge in [0, 0.05) is 17.0 Å². The van der Waals surface area contributed by atoms with E-state index in [1.165, 1.54) is 11.3 Å². The zero-order valence-corrected chi connectivity index (χ0v) is 12.9. The molecule has 112 valence electrons. The number of amides is 1. The second kappa shape index (κ2) is 5.70. The van der Waals surface area contributed by atoms with E-state index in [4.69, 9.17) is 15.7 Å². The number of nitriles is 1. The summed E-state index contributed by atoms with van der Waals surface area (Å²) >= 11 is 1.41. The van der Waals surface area contributed by atoms with Gasteiger partial charge in [0.1, 0.15) is 16.8 Å². The first kappa shape index (κ1) is 14.4. The maximum absolute atomic E-state index is 12.6. The number of nitrogen functional groups attached to an aromatic ring is 1. The summed E-state index contributed by atoms with van der Waals surface area (Å²) in [6.45, 7) is 1.11. The Bertz CT molecular complexity index is 759. The molecule has 0 unspecified atom stereocenters. The average Bonchev–Trinajstić information content (AvgIpc) is 2.88. The molecule has 0 spiro atoms. The minimum atomic E-state index is -0.0150. The van der Waals surface area contributed by atoms with Crippen LogP contribution in [0.4, 0.5) is 5.00 Å². The molecule has 0 saturated heterocycles. The van der Waals surface area contributed by atoms with Crippen LogP contribution in [0.25, 0.3) is 0 Å². The molecule has 0 aliphatic carbocycles. The van der Waals surface area contributed by atoms with Gasteiger partial charge < -0.3 is 15.4 Å². The lowest BCUT2D eigenvalue weighted by Crippen LogP contribution is -2.35. The van der Waals surface area contributed by atoms with Crippen molar-refractivity contribution in [3.05, 3.63) is 45.8 Å². The highest BCUT2D eigenvalue weighted by atomic mass is 32.1. The van der Waals surface area contributed by atoms with E-state index in [2.05, 4.69) is 6.07 Å². The molecule has 6 heteroatoms. The smallest absolute Gasteiger partial charge is 0.254 e. The first-order valence-corrected chi connectivity index (χ1v) is 7.69. The normalized spacial score (nSPS) is 13.4. The highest BCUT2D eigenvalue weighted by Crippen LogP contribution is 2.34. The van der Waals surface area contributed by atoms with Gasteiger partial charge in [-0.2, -0.15) is 5.26 Å². The zero-order chi connectivity index (χ0) is 15.7. The fourth-order valence-electron chi connectivity index (χ4n) is 2.64. The summed E-state index contributed by atoms with van der Waals surface area (Å²) in [5.74, 6) is 0.709. The number of anilines is 1. The van der Waals surface area contributed by atoms with Crippen molar-refractivity contribution < 1.29 is 9.53 Å². The molecule has 22 heavy (non-hydrogen) atoms. The second-order valence-electron chi connectivity index (χ2n) is 5.06. The molecule has 2 aromatic rings. The molecule has 1 aliphatic rings. The molecule has 0 bridgehead atoms. The van der Waals surface area contributed by atoms with E-state index in [1.54, 1.807) is 36.3 Å². The summed E-state index contributed by atoms with van der Waals surface area (Å²) in [6, 6.07) is 9.24. The van der Waals surface area contributed by atoms with E-state index in [1.807, 2.05) is 0 Å². The van der Waals surface area contributed by atoms with Gasteiger partial charge in [-0.1, -0.05) is 0 Å². The maximum atomic E-state index is 12.6. The topological polar surface area (TPSA) is 79.3 Å². The Morgan fingerprint density at radius 2 is 2.14 bits per heavy atom. The first-order valence-electron chi connectivity index (χ1n) is 6.87. The van der Waals surface area contributed by atoms with Crippen LogP contribution in [-0.2, 0) is 13.0 Å². The Kier molecular flexibility index (Phi) is 3.73. The Morgan fingerprint density at radius 1 is 1.41 bits per heavy atom. The number of benzene rings is 1. The van der Waals surface area contributed by atoms with Gasteiger partial charge in [0.25, 0.3) is 5.91 Å². The summed E-state index contributed by atoms with van der Waals surface area (Å²) in [5, 5.41) is 9.70. The van der Waals surface area contributed by atoms with Crippen LogP contribution in [0.1, 0.15) is 26.4 Å². The largest absolute Gasteiger partial charge is 0.497 e. The molecule has 3 rings (SSSR count). The van der Waals surface area contributed by atoms with Crippen molar-refractivity contribution in [1.29, 1.82) is 5.26 Å². The summed E-state index contributed by atoms with van der Waals surface area (Å²) in [4.78, 5) is 15.4. The number of nitrogens with two attached hydrogens (primary N) is 1. The van der Waals surface area contributed by atoms with Crippen LogP contribution in [0.2, 0.25) is 0 Å². The maximum Gasteiger partial charge on any atom is 0.254 e. The molecule has 1 aromatic heterocycles. The average molecular weight is 313 g/mol. The van der Waals surface area contributed by atoms with Crippen molar-refractivity contribution in [1.82, 2.24) is 4.90 Å². The van der Waals surface area contributed by atoms with Gasteiger partial charge in [-0.15, -0.1) is 11.3 Å². The van der Waals surface area contributed by atoms with Gasteiger partial charge in [0.2, 0.25) is 0 Å². The van der Waals surface area contributed by atoms with Crippen LogP contribution in [0.15, 0.2) is 24.3 Å². The van der Waals surface area contributed by atoms with Gasteiger partial charge in [0.05, 0.1) is 19.2 Å². The molecule has 5 nitrogen and oxygen atoms in total. The van der Waals surface area contributed by atoms with Crippen LogP contribution in [0, 0.1) is 11.3 Å². The third-order valence-corrected chi connectivity index (χ3v) is 4.87. The van der Waals surface area contributed by atoms with Crippen LogP contribution < -0.4 is 10.5 Å². The molecular weight excluding hydrogens is 298 g/mol. The summed E-state index contributed by atoms with van der Waals surface area (Å²) in [7, 11) is 1.59. The summed E-state index contributed by atoms with van der Waals surface area (Å²) in [6.07, 6.45) is 0.674. The SMILES string of the molecule is COc1ccc(C(=O)N2CCc3c(sc(N)c3C#N)C2)cc1. The number of ether oxygens (including phenoxy) is 1. The van der Waals surface area contributed by atoms with E-state index in [9.17, 15) is 4.79 Å². The fraction of sp³-hybridized carbons (Fsp3) is 0.250. The molecule has 0 atom stereocenters. The number of rotatable bonds is 2. The van der Waals surface area contributed by atoms with Crippen LogP contribution in [0.5, 0.6) is 5.75 Å². The number of thiophene rings is 1. The van der Waals surface area contributed by atoms with Crippen molar-refractivity contribution >= 4 is 22.2 Å². The van der Waals surface area contributed by atoms with Crippen molar-refractivity contribution in [3.8, 4) is 11.8 Å². The summed E-state index contributed by atoms with van der Waals surface area (Å²) in [5.41, 5.74) is 8.09. The lowest BCUT2D eigenvalue weighted by molar-refractivity contribution is 0.0737. The van der Waals surface area contributed by atoms with Crippen LogP contribution in [-0.4, -0.2) is 24.5 Å². The van der Waals surface area contributed by atoms with E-state index < -0.39 is 0 Å². The standard InChI is InChI=1S/C16H15N3O2S/c1-21-11-4-2-10(3-5-11)16(20)19-7-6-12-13(8-17)15(18)22-14(12)9-19/h2-5H,6-7,9,18H2,1H3. The molecule has 0 saturated carbocycles. The number of carbonyl (C=O) groups is 1. The van der Waals surface area contributed by atoms with Crippen molar-refractivity contribution in [2.24, 2.45) is 0 Å². The molecular formula is C16H15N3O2S. The van der Waals surface area contributed by atoms with E-state index in [0.717, 1.165) is 16.2 Å². The van der Waals surface area contributed by atoms with Gasteiger partial charge in [-0.3, -0.25) is 4.79 Å². The third kappa shape index (κ3) is 2.40. The summed E-state index contributed by atoms with van der Waals surface area (Å²) < 4.78 is 5.10. The van der Waals surface area contributed by atoms with Crippen molar-refractivity contribution in [2.75, 3.05) is 19.4 Å². The minimum Gasteiger partial charge on any atom is -0.497 e. The lowest BCUT2D eigenvalue weighted by atomic mass is 10.0. The fourth-order valence-corrected chi connectivity index (χ4v) is 3.72. The predicted octanol–water partition coefficient (Wildman–Crippen LogP) is 2.41. The molecule has 2 N–H and O–H groups in total. The molecule has 0 fully saturated rings. The molecule has 1 aliphatic heterocycles. The molecule has 0 radical (unpaired) electrons. The molecule has 2 heterocycles. The van der Waals surface area contributed by atoms with Crippen LogP contribution in [0.3, 0.4) is 0 Å². The highest BCUT2D eigenvalue weighted by Gasteiger charge is 2.26. The predicted molar refractivity (Wildman–Crippen MR) is 84.9 cm³/mol. The number of hydrogen-bond donors (Lipinski definition) is 1. The zero-order valence-electron chi connectivity index (χ0n) is 12.1. The minimum absolute atomic E-state index is 0.0150. The van der Waals surface area contributed by atoms with Gasteiger partial charge in [-0.05, 0) is 36.2 Å². The molecule has 1 amide bonds.